The van der Waals surface area contributed by atoms with Crippen LogP contribution in [0.4, 0.5) is 8.78 Å². The maximum absolute atomic E-state index is 14.8. The highest BCUT2D eigenvalue weighted by atomic mass is 32.1. The van der Waals surface area contributed by atoms with Gasteiger partial charge in [0.2, 0.25) is 17.7 Å². The van der Waals surface area contributed by atoms with E-state index in [-0.39, 0.29) is 85.2 Å². The van der Waals surface area contributed by atoms with Crippen LogP contribution in [0.1, 0.15) is 87.9 Å². The summed E-state index contributed by atoms with van der Waals surface area (Å²) in [5.74, 6) is -1.37. The minimum absolute atomic E-state index is 0.0214. The number of likely N-dealkylation sites (N-methyl/N-ethyl adjacent to an activating group) is 1. The first-order chi connectivity index (χ1) is 32.9. The van der Waals surface area contributed by atoms with Crippen LogP contribution in [0.5, 0.6) is 11.6 Å². The molecule has 0 spiro atoms. The monoisotopic (exact) mass is 957 g/mol. The molecule has 4 aliphatic rings. The standard InChI is InChI=1S/C49H61F2N9O7S/c1-30-26-57(49(64)45(32-8-5-4-6-9-32)54-47(62)31(2)52-3)19-20-58(30)48(63)41-23-33-22-37(50)38(51)25-40(33)60(41)28-44(61)59-16-7-10-34(59)29-65-43-24-36(67-55-43)27-56-17-12-35(13-18-56)66-42-11-15-53-39-14-21-68-46(39)42/h11,14-15,21-25,30-32,34-35,45,52H,4-10,12-13,16-20,26-29H2,1-3H3,(H,54,62)/t30-,31-,34?,45-/m0/s1. The van der Waals surface area contributed by atoms with Gasteiger partial charge in [0.25, 0.3) is 11.8 Å². The highest BCUT2D eigenvalue weighted by molar-refractivity contribution is 7.17. The van der Waals surface area contributed by atoms with Crippen LogP contribution in [0, 0.1) is 17.6 Å². The number of nitrogens with zero attached hydrogens (tertiary/aromatic N) is 7. The van der Waals surface area contributed by atoms with E-state index in [1.807, 2.05) is 24.4 Å². The topological polar surface area (TPSA) is 168 Å². The van der Waals surface area contributed by atoms with Crippen molar-refractivity contribution in [3.8, 4) is 11.6 Å². The maximum atomic E-state index is 14.8. The number of hydrogen-bond donors (Lipinski definition) is 2. The number of ether oxygens (including phenoxy) is 2. The maximum Gasteiger partial charge on any atom is 0.270 e. The quantitative estimate of drug-likeness (QED) is 0.127. The predicted octanol–water partition coefficient (Wildman–Crippen LogP) is 5.98. The first-order valence-corrected chi connectivity index (χ1v) is 25.0. The van der Waals surface area contributed by atoms with E-state index in [0.29, 0.717) is 31.2 Å². The predicted molar refractivity (Wildman–Crippen MR) is 251 cm³/mol. The molecule has 3 saturated heterocycles. The molecule has 4 fully saturated rings. The number of aromatic nitrogens is 3. The van der Waals surface area contributed by atoms with Gasteiger partial charge in [-0.2, -0.15) is 0 Å². The molecule has 0 radical (unpaired) electrons. The van der Waals surface area contributed by atoms with Crippen molar-refractivity contribution in [3.05, 3.63) is 71.1 Å². The number of piperazine rings is 1. The molecule has 1 unspecified atom stereocenters. The van der Waals surface area contributed by atoms with Crippen molar-refractivity contribution in [3.63, 3.8) is 0 Å². The van der Waals surface area contributed by atoms with E-state index in [9.17, 15) is 28.0 Å². The van der Waals surface area contributed by atoms with Crippen molar-refractivity contribution in [2.24, 2.45) is 5.92 Å². The van der Waals surface area contributed by atoms with Gasteiger partial charge < -0.3 is 43.9 Å². The Kier molecular flexibility index (Phi) is 14.6. The molecule has 0 bridgehead atoms. The molecule has 2 N–H and O–H groups in total. The minimum Gasteiger partial charge on any atom is -0.489 e. The second-order valence-electron chi connectivity index (χ2n) is 18.8. The number of likely N-dealkylation sites (tertiary alicyclic amines) is 2. The smallest absolute Gasteiger partial charge is 0.270 e. The lowest BCUT2D eigenvalue weighted by Crippen LogP contribution is -2.61. The Hall–Kier alpha value is -5.66. The summed E-state index contributed by atoms with van der Waals surface area (Å²) in [5, 5.41) is 12.4. The molecule has 19 heteroatoms. The Morgan fingerprint density at radius 2 is 1.72 bits per heavy atom. The van der Waals surface area contributed by atoms with E-state index in [2.05, 4.69) is 25.7 Å². The largest absolute Gasteiger partial charge is 0.489 e. The number of halogens is 2. The zero-order chi connectivity index (χ0) is 47.5. The summed E-state index contributed by atoms with van der Waals surface area (Å²) in [6, 6.07) is 7.41. The normalized spacial score (nSPS) is 20.8. The van der Waals surface area contributed by atoms with Crippen molar-refractivity contribution in [1.82, 2.24) is 44.9 Å². The van der Waals surface area contributed by atoms with E-state index in [4.69, 9.17) is 14.0 Å². The Balaban J connectivity index is 0.815. The highest BCUT2D eigenvalue weighted by Gasteiger charge is 2.39. The lowest BCUT2D eigenvalue weighted by Gasteiger charge is -2.42. The van der Waals surface area contributed by atoms with Gasteiger partial charge in [0, 0.05) is 69.0 Å². The number of nitrogens with one attached hydrogen (secondary N) is 2. The molecular weight excluding hydrogens is 897 g/mol. The van der Waals surface area contributed by atoms with E-state index in [0.717, 1.165) is 92.6 Å². The molecule has 1 aromatic carbocycles. The highest BCUT2D eigenvalue weighted by Crippen LogP contribution is 2.33. The van der Waals surface area contributed by atoms with Gasteiger partial charge in [-0.3, -0.25) is 29.1 Å². The van der Waals surface area contributed by atoms with Crippen LogP contribution in [0.25, 0.3) is 21.1 Å². The van der Waals surface area contributed by atoms with Gasteiger partial charge >= 0.3 is 0 Å². The molecule has 364 valence electrons. The molecule has 1 aliphatic carbocycles. The lowest BCUT2D eigenvalue weighted by atomic mass is 9.83. The van der Waals surface area contributed by atoms with Crippen molar-refractivity contribution in [2.45, 2.75) is 115 Å². The van der Waals surface area contributed by atoms with Crippen molar-refractivity contribution in [2.75, 3.05) is 52.9 Å². The minimum atomic E-state index is -1.09. The first-order valence-electron chi connectivity index (χ1n) is 24.1. The first kappa shape index (κ1) is 47.4. The molecular formula is C49H61F2N9O7S. The molecule has 68 heavy (non-hydrogen) atoms. The van der Waals surface area contributed by atoms with Gasteiger partial charge in [0.1, 0.15) is 36.7 Å². The number of thiophene rings is 1. The molecule has 16 nitrogen and oxygen atoms in total. The summed E-state index contributed by atoms with van der Waals surface area (Å²) in [5.41, 5.74) is 1.28. The third-order valence-electron chi connectivity index (χ3n) is 14.3. The Labute approximate surface area is 398 Å². The molecule has 5 aromatic rings. The molecule has 4 atom stereocenters. The fourth-order valence-corrected chi connectivity index (χ4v) is 11.2. The van der Waals surface area contributed by atoms with Crippen LogP contribution in [0.15, 0.2) is 52.5 Å². The average Bonchev–Trinajstić information content (AvgIpc) is 4.19. The number of carbonyl (C=O) groups is 4. The van der Waals surface area contributed by atoms with E-state index < -0.39 is 35.7 Å². The number of carbonyl (C=O) groups excluding carboxylic acids is 4. The van der Waals surface area contributed by atoms with Crippen LogP contribution in [-0.4, -0.2) is 141 Å². The molecule has 3 aliphatic heterocycles. The van der Waals surface area contributed by atoms with E-state index in [1.165, 1.54) is 10.6 Å². The van der Waals surface area contributed by atoms with Crippen LogP contribution >= 0.6 is 11.3 Å². The van der Waals surface area contributed by atoms with Crippen molar-refractivity contribution < 1.29 is 42.0 Å². The summed E-state index contributed by atoms with van der Waals surface area (Å²) < 4.78 is 50.1. The molecule has 9 rings (SSSR count). The lowest BCUT2D eigenvalue weighted by molar-refractivity contribution is -0.140. The van der Waals surface area contributed by atoms with E-state index >= 15 is 0 Å². The molecule has 7 heterocycles. The second-order valence-corrected chi connectivity index (χ2v) is 19.7. The Morgan fingerprint density at radius 3 is 2.50 bits per heavy atom. The van der Waals surface area contributed by atoms with E-state index in [1.54, 1.807) is 52.3 Å². The summed E-state index contributed by atoms with van der Waals surface area (Å²) >= 11 is 1.63. The third-order valence-corrected chi connectivity index (χ3v) is 15.3. The fraction of sp³-hybridized carbons (Fsp3) is 0.551. The number of hydrogen-bond acceptors (Lipinski definition) is 12. The zero-order valence-corrected chi connectivity index (χ0v) is 39.8. The summed E-state index contributed by atoms with van der Waals surface area (Å²) in [4.78, 5) is 67.7. The van der Waals surface area contributed by atoms with Crippen molar-refractivity contribution >= 4 is 56.1 Å². The Morgan fingerprint density at radius 1 is 0.926 bits per heavy atom. The van der Waals surface area contributed by atoms with Crippen LogP contribution in [0.2, 0.25) is 0 Å². The van der Waals surface area contributed by atoms with Crippen LogP contribution in [0.3, 0.4) is 0 Å². The number of fused-ring (bicyclic) bond motifs is 2. The second kappa shape index (κ2) is 20.9. The van der Waals surface area contributed by atoms with Gasteiger partial charge in [0.15, 0.2) is 17.4 Å². The summed E-state index contributed by atoms with van der Waals surface area (Å²) in [7, 11) is 1.70. The van der Waals surface area contributed by atoms with Gasteiger partial charge in [-0.1, -0.05) is 19.3 Å². The molecule has 1 saturated carbocycles. The number of piperidine rings is 1. The van der Waals surface area contributed by atoms with Gasteiger partial charge in [-0.15, -0.1) is 11.3 Å². The van der Waals surface area contributed by atoms with Crippen LogP contribution < -0.4 is 20.1 Å². The molecule has 4 amide bonds. The summed E-state index contributed by atoms with van der Waals surface area (Å²) in [6.45, 7) is 6.85. The number of benzene rings is 1. The van der Waals surface area contributed by atoms with Gasteiger partial charge in [0.05, 0.1) is 34.4 Å². The number of amides is 4. The number of pyridine rings is 1. The average molecular weight is 958 g/mol. The fourth-order valence-electron chi connectivity index (χ4n) is 10.4. The van der Waals surface area contributed by atoms with Crippen molar-refractivity contribution in [1.29, 1.82) is 0 Å². The summed E-state index contributed by atoms with van der Waals surface area (Å²) in [6.07, 6.45) is 9.85. The third kappa shape index (κ3) is 10.3. The molecule has 4 aromatic heterocycles. The number of rotatable bonds is 15. The Bertz CT molecular complexity index is 2610. The van der Waals surface area contributed by atoms with Crippen LogP contribution in [-0.2, 0) is 27.5 Å². The van der Waals surface area contributed by atoms with Gasteiger partial charge in [-0.05, 0) is 100 Å². The SMILES string of the molecule is CN[C@@H](C)C(=O)N[C@H](C(=O)N1CCN(C(=O)c2cc3cc(F)c(F)cc3n2CC(=O)N2CCCC2COc2cc(CN3CCC(Oc4ccnc5ccsc45)CC3)on2)[C@@H](C)C1)C1CCCCC1. The zero-order valence-electron chi connectivity index (χ0n) is 39.0. The van der Waals surface area contributed by atoms with Gasteiger partial charge in [-0.25, -0.2) is 8.78 Å².